The average molecular weight is 735 g/mol. The first-order valence-electron chi connectivity index (χ1n) is 16.8. The second-order valence-corrected chi connectivity index (χ2v) is 19.8. The van der Waals surface area contributed by atoms with E-state index >= 15 is 0 Å². The molecule has 0 saturated carbocycles. The summed E-state index contributed by atoms with van der Waals surface area (Å²) in [7, 11) is -7.36. The fourth-order valence-corrected chi connectivity index (χ4v) is 12.3. The highest BCUT2D eigenvalue weighted by Crippen LogP contribution is 2.44. The molecule has 0 aromatic heterocycles. The summed E-state index contributed by atoms with van der Waals surface area (Å²) >= 11 is 0. The first kappa shape index (κ1) is 38.3. The molecule has 1 aliphatic heterocycles. The highest BCUT2D eigenvalue weighted by molar-refractivity contribution is 7.86. The summed E-state index contributed by atoms with van der Waals surface area (Å²) in [5.74, 6) is -1.38. The van der Waals surface area contributed by atoms with Gasteiger partial charge in [0.1, 0.15) is 12.2 Å². The zero-order valence-electron chi connectivity index (χ0n) is 30.0. The van der Waals surface area contributed by atoms with Gasteiger partial charge in [0, 0.05) is 13.8 Å². The van der Waals surface area contributed by atoms with Crippen molar-refractivity contribution in [2.75, 3.05) is 12.9 Å². The fraction of sp³-hybridized carbons (Fsp3) is 0.385. The molecule has 1 aliphatic rings. The van der Waals surface area contributed by atoms with Gasteiger partial charge in [0.25, 0.3) is 18.4 Å². The third kappa shape index (κ3) is 8.43. The number of hydrogen-bond acceptors (Lipinski definition) is 10. The largest absolute Gasteiger partial charge is 0.453 e. The maximum Gasteiger partial charge on any atom is 0.305 e. The van der Waals surface area contributed by atoms with Crippen molar-refractivity contribution in [1.29, 1.82) is 0 Å². The SMILES string of the molecule is CC(=O)OC1O[C@@](CO[Si](c2ccccc2)(c2ccccc2)C(C)(C)C)([C@@H](C)OS(C)(=O)=O)[C@@H](OCc2ccc3ccccc3c2)[C@H]1OC(C)=O. The molecular weight excluding hydrogens is 689 g/mol. The fourth-order valence-electron chi connectivity index (χ4n) is 6.97. The molecule has 1 saturated heterocycles. The summed E-state index contributed by atoms with van der Waals surface area (Å²) in [6.07, 6.45) is -4.34. The molecule has 0 amide bonds. The summed E-state index contributed by atoms with van der Waals surface area (Å²) in [6.45, 7) is 10.0. The normalized spacial score (nSPS) is 21.7. The van der Waals surface area contributed by atoms with Crippen molar-refractivity contribution < 1.29 is 45.6 Å². The van der Waals surface area contributed by atoms with Crippen molar-refractivity contribution in [3.05, 3.63) is 109 Å². The van der Waals surface area contributed by atoms with E-state index in [0.717, 1.165) is 33.0 Å². The van der Waals surface area contributed by atoms with Crippen LogP contribution in [-0.2, 0) is 53.9 Å². The summed E-state index contributed by atoms with van der Waals surface area (Å²) in [5, 5.41) is 3.50. The van der Waals surface area contributed by atoms with E-state index in [2.05, 4.69) is 20.8 Å². The van der Waals surface area contributed by atoms with Crippen LogP contribution in [0.4, 0.5) is 0 Å². The zero-order valence-corrected chi connectivity index (χ0v) is 31.8. The van der Waals surface area contributed by atoms with Crippen molar-refractivity contribution >= 4 is 51.5 Å². The van der Waals surface area contributed by atoms with Gasteiger partial charge in [-0.05, 0) is 44.7 Å². The van der Waals surface area contributed by atoms with Crippen LogP contribution in [0.1, 0.15) is 47.1 Å². The lowest BCUT2D eigenvalue weighted by Crippen LogP contribution is -2.69. The number of hydrogen-bond donors (Lipinski definition) is 0. The van der Waals surface area contributed by atoms with Gasteiger partial charge in [-0.2, -0.15) is 8.42 Å². The van der Waals surface area contributed by atoms with Crippen LogP contribution in [0.3, 0.4) is 0 Å². The Morgan fingerprint density at radius 1 is 0.824 bits per heavy atom. The average Bonchev–Trinajstić information content (AvgIpc) is 3.34. The van der Waals surface area contributed by atoms with Crippen LogP contribution in [-0.4, -0.2) is 71.7 Å². The highest BCUT2D eigenvalue weighted by Gasteiger charge is 2.64. The van der Waals surface area contributed by atoms with Crippen molar-refractivity contribution in [2.45, 2.75) is 83.4 Å². The molecule has 272 valence electrons. The van der Waals surface area contributed by atoms with Gasteiger partial charge in [0.15, 0.2) is 11.7 Å². The molecule has 1 fully saturated rings. The Labute approximate surface area is 301 Å². The van der Waals surface area contributed by atoms with E-state index in [4.69, 9.17) is 27.6 Å². The second kappa shape index (κ2) is 15.4. The van der Waals surface area contributed by atoms with Gasteiger partial charge in [0.2, 0.25) is 6.29 Å². The molecule has 5 atom stereocenters. The first-order chi connectivity index (χ1) is 24.1. The second-order valence-electron chi connectivity index (χ2n) is 13.9. The Kier molecular flexibility index (Phi) is 11.5. The predicted molar refractivity (Wildman–Crippen MR) is 196 cm³/mol. The van der Waals surface area contributed by atoms with Crippen LogP contribution in [0, 0.1) is 0 Å². The molecule has 12 heteroatoms. The van der Waals surface area contributed by atoms with E-state index in [-0.39, 0.29) is 13.2 Å². The van der Waals surface area contributed by atoms with Gasteiger partial charge >= 0.3 is 11.9 Å². The summed E-state index contributed by atoms with van der Waals surface area (Å²) in [5.41, 5.74) is -0.988. The van der Waals surface area contributed by atoms with Gasteiger partial charge in [0.05, 0.1) is 19.5 Å². The molecular formula is C39H46O10SSi. The van der Waals surface area contributed by atoms with E-state index in [1.165, 1.54) is 20.8 Å². The Bertz CT molecular complexity index is 1890. The molecule has 10 nitrogen and oxygen atoms in total. The Morgan fingerprint density at radius 2 is 1.37 bits per heavy atom. The monoisotopic (exact) mass is 734 g/mol. The van der Waals surface area contributed by atoms with Gasteiger partial charge in [-0.1, -0.05) is 118 Å². The lowest BCUT2D eigenvalue weighted by Gasteiger charge is -2.46. The molecule has 51 heavy (non-hydrogen) atoms. The van der Waals surface area contributed by atoms with Gasteiger partial charge in [-0.3, -0.25) is 13.8 Å². The molecule has 4 aromatic rings. The van der Waals surface area contributed by atoms with Gasteiger partial charge in [-0.25, -0.2) is 0 Å². The van der Waals surface area contributed by atoms with E-state index in [9.17, 15) is 18.0 Å². The Morgan fingerprint density at radius 3 is 1.90 bits per heavy atom. The lowest BCUT2D eigenvalue weighted by molar-refractivity contribution is -0.222. The number of carbonyl (C=O) groups excluding carboxylic acids is 2. The summed E-state index contributed by atoms with van der Waals surface area (Å²) in [6, 6.07) is 33.5. The van der Waals surface area contributed by atoms with Crippen molar-refractivity contribution in [1.82, 2.24) is 0 Å². The number of fused-ring (bicyclic) bond motifs is 1. The lowest BCUT2D eigenvalue weighted by atomic mass is 9.90. The molecule has 0 aliphatic carbocycles. The molecule has 5 rings (SSSR count). The third-order valence-corrected chi connectivity index (χ3v) is 14.8. The first-order valence-corrected chi connectivity index (χ1v) is 20.5. The number of benzene rings is 4. The Balaban J connectivity index is 1.68. The number of carbonyl (C=O) groups is 2. The van der Waals surface area contributed by atoms with Crippen molar-refractivity contribution in [3.63, 3.8) is 0 Å². The molecule has 0 radical (unpaired) electrons. The molecule has 4 aromatic carbocycles. The predicted octanol–water partition coefficient (Wildman–Crippen LogP) is 5.26. The van der Waals surface area contributed by atoms with E-state index in [0.29, 0.717) is 0 Å². The number of rotatable bonds is 13. The van der Waals surface area contributed by atoms with Crippen LogP contribution in [0.5, 0.6) is 0 Å². The van der Waals surface area contributed by atoms with Crippen LogP contribution >= 0.6 is 0 Å². The van der Waals surface area contributed by atoms with Crippen LogP contribution in [0.15, 0.2) is 103 Å². The minimum Gasteiger partial charge on any atom is -0.453 e. The van der Waals surface area contributed by atoms with Crippen LogP contribution < -0.4 is 10.4 Å². The molecule has 0 bridgehead atoms. The third-order valence-electron chi connectivity index (χ3n) is 9.15. The maximum absolute atomic E-state index is 12.8. The minimum absolute atomic E-state index is 0.00990. The Hall–Kier alpha value is -3.91. The van der Waals surface area contributed by atoms with E-state index in [1.807, 2.05) is 103 Å². The van der Waals surface area contributed by atoms with Crippen molar-refractivity contribution in [3.8, 4) is 0 Å². The molecule has 1 unspecified atom stereocenters. The summed E-state index contributed by atoms with van der Waals surface area (Å²) in [4.78, 5) is 25.0. The van der Waals surface area contributed by atoms with Crippen molar-refractivity contribution in [2.24, 2.45) is 0 Å². The molecule has 1 heterocycles. The van der Waals surface area contributed by atoms with Gasteiger partial charge in [-0.15, -0.1) is 0 Å². The number of esters is 2. The maximum atomic E-state index is 12.8. The summed E-state index contributed by atoms with van der Waals surface area (Å²) < 4.78 is 63.1. The minimum atomic E-state index is -4.08. The number of ether oxygens (including phenoxy) is 4. The van der Waals surface area contributed by atoms with E-state index < -0.39 is 65.6 Å². The van der Waals surface area contributed by atoms with E-state index in [1.54, 1.807) is 0 Å². The highest BCUT2D eigenvalue weighted by atomic mass is 32.2. The van der Waals surface area contributed by atoms with Crippen LogP contribution in [0.2, 0.25) is 5.04 Å². The molecule has 0 N–H and O–H groups in total. The van der Waals surface area contributed by atoms with Crippen LogP contribution in [0.25, 0.3) is 10.8 Å². The molecule has 0 spiro atoms. The standard InChI is InChI=1S/C39H46O10SSi/c1-27(49-50(7,42)43)39(26-45-51(38(4,5)6,33-18-10-8-11-19-33)34-20-12-9-13-21-34)36(35(46-28(2)40)37(48-39)47-29(3)41)44-25-30-22-23-31-16-14-15-17-32(31)24-30/h8-24,27,35-37H,25-26H2,1-7H3/t27-,35-,36+,37?,39+/m1/s1. The van der Waals surface area contributed by atoms with Gasteiger partial charge < -0.3 is 23.4 Å². The topological polar surface area (TPSA) is 124 Å². The quantitative estimate of drug-likeness (QED) is 0.102. The zero-order chi connectivity index (χ0) is 37.0. The smallest absolute Gasteiger partial charge is 0.305 e.